The van der Waals surface area contributed by atoms with Gasteiger partial charge in [0.15, 0.2) is 0 Å². The van der Waals surface area contributed by atoms with E-state index >= 15 is 0 Å². The Kier molecular flexibility index (Phi) is 4.79. The molecule has 21 heavy (non-hydrogen) atoms. The van der Waals surface area contributed by atoms with E-state index in [2.05, 4.69) is 5.32 Å². The molecular weight excluding hydrogens is 270 g/mol. The zero-order valence-corrected chi connectivity index (χ0v) is 11.4. The summed E-state index contributed by atoms with van der Waals surface area (Å²) in [7, 11) is 0. The molecule has 0 aliphatic heterocycles. The van der Waals surface area contributed by atoms with Crippen LogP contribution in [-0.2, 0) is 17.8 Å². The molecule has 0 bridgehead atoms. The van der Waals surface area contributed by atoms with Gasteiger partial charge in [0.05, 0.1) is 0 Å². The van der Waals surface area contributed by atoms with Crippen LogP contribution in [0.1, 0.15) is 11.1 Å². The van der Waals surface area contributed by atoms with E-state index in [4.69, 9.17) is 0 Å². The van der Waals surface area contributed by atoms with Gasteiger partial charge >= 0.3 is 5.97 Å². The SMILES string of the molecule is O=C(O)[C@H](Cc1ccc(O)cc1)NCc1ccc(O)cc1. The number of nitrogens with one attached hydrogen (secondary N) is 1. The fraction of sp³-hybridized carbons (Fsp3) is 0.188. The predicted molar refractivity (Wildman–Crippen MR) is 78.2 cm³/mol. The monoisotopic (exact) mass is 287 g/mol. The highest BCUT2D eigenvalue weighted by Crippen LogP contribution is 2.13. The normalized spacial score (nSPS) is 12.0. The van der Waals surface area contributed by atoms with E-state index in [-0.39, 0.29) is 11.5 Å². The zero-order valence-electron chi connectivity index (χ0n) is 11.4. The van der Waals surface area contributed by atoms with Crippen molar-refractivity contribution in [2.75, 3.05) is 0 Å². The molecule has 4 N–H and O–H groups in total. The lowest BCUT2D eigenvalue weighted by molar-refractivity contribution is -0.139. The lowest BCUT2D eigenvalue weighted by Gasteiger charge is -2.14. The number of aliphatic carboxylic acids is 1. The molecule has 0 amide bonds. The molecule has 0 unspecified atom stereocenters. The first kappa shape index (κ1) is 14.9. The number of phenolic OH excluding ortho intramolecular Hbond substituents is 2. The smallest absolute Gasteiger partial charge is 0.321 e. The Morgan fingerprint density at radius 1 is 0.905 bits per heavy atom. The van der Waals surface area contributed by atoms with Gasteiger partial charge in [-0.3, -0.25) is 4.79 Å². The first-order valence-corrected chi connectivity index (χ1v) is 6.56. The second kappa shape index (κ2) is 6.76. The molecule has 2 aromatic carbocycles. The Hall–Kier alpha value is -2.53. The van der Waals surface area contributed by atoms with Gasteiger partial charge in [0.25, 0.3) is 0 Å². The molecule has 0 aliphatic rings. The summed E-state index contributed by atoms with van der Waals surface area (Å²) in [6.07, 6.45) is 0.327. The Morgan fingerprint density at radius 2 is 1.38 bits per heavy atom. The van der Waals surface area contributed by atoms with Gasteiger partial charge in [0.1, 0.15) is 17.5 Å². The van der Waals surface area contributed by atoms with Gasteiger partial charge in [-0.25, -0.2) is 0 Å². The Balaban J connectivity index is 1.97. The molecule has 2 aromatic rings. The molecule has 5 heteroatoms. The fourth-order valence-electron chi connectivity index (χ4n) is 1.97. The van der Waals surface area contributed by atoms with Crippen molar-refractivity contribution >= 4 is 5.97 Å². The van der Waals surface area contributed by atoms with E-state index in [0.29, 0.717) is 13.0 Å². The Bertz CT molecular complexity index is 593. The third-order valence-electron chi connectivity index (χ3n) is 3.16. The number of aromatic hydroxyl groups is 2. The minimum absolute atomic E-state index is 0.155. The van der Waals surface area contributed by atoms with Gasteiger partial charge in [0.2, 0.25) is 0 Å². The maximum Gasteiger partial charge on any atom is 0.321 e. The number of phenols is 2. The molecule has 0 heterocycles. The molecule has 0 saturated carbocycles. The maximum absolute atomic E-state index is 11.3. The van der Waals surface area contributed by atoms with Crippen LogP contribution in [-0.4, -0.2) is 27.3 Å². The van der Waals surface area contributed by atoms with Crippen LogP contribution in [0.25, 0.3) is 0 Å². The topological polar surface area (TPSA) is 89.8 Å². The summed E-state index contributed by atoms with van der Waals surface area (Å²) in [5, 5.41) is 30.7. The molecule has 0 saturated heterocycles. The van der Waals surface area contributed by atoms with Crippen molar-refractivity contribution in [3.8, 4) is 11.5 Å². The van der Waals surface area contributed by atoms with E-state index < -0.39 is 12.0 Å². The summed E-state index contributed by atoms with van der Waals surface area (Å²) >= 11 is 0. The molecule has 2 rings (SSSR count). The van der Waals surface area contributed by atoms with E-state index in [1.165, 1.54) is 12.1 Å². The highest BCUT2D eigenvalue weighted by atomic mass is 16.4. The first-order valence-electron chi connectivity index (χ1n) is 6.56. The number of rotatable bonds is 6. The van der Waals surface area contributed by atoms with Crippen LogP contribution in [0.2, 0.25) is 0 Å². The van der Waals surface area contributed by atoms with E-state index in [1.54, 1.807) is 36.4 Å². The van der Waals surface area contributed by atoms with Crippen LogP contribution in [0.15, 0.2) is 48.5 Å². The van der Waals surface area contributed by atoms with Crippen molar-refractivity contribution in [1.29, 1.82) is 0 Å². The second-order valence-electron chi connectivity index (χ2n) is 4.81. The second-order valence-corrected chi connectivity index (χ2v) is 4.81. The third kappa shape index (κ3) is 4.50. The minimum Gasteiger partial charge on any atom is -0.508 e. The average Bonchev–Trinajstić information content (AvgIpc) is 2.47. The van der Waals surface area contributed by atoms with Crippen LogP contribution < -0.4 is 5.32 Å². The van der Waals surface area contributed by atoms with Crippen molar-refractivity contribution in [1.82, 2.24) is 5.32 Å². The van der Waals surface area contributed by atoms with Crippen LogP contribution in [0, 0.1) is 0 Å². The van der Waals surface area contributed by atoms with Crippen molar-refractivity contribution in [3.05, 3.63) is 59.7 Å². The summed E-state index contributed by atoms with van der Waals surface area (Å²) in [5.41, 5.74) is 1.73. The number of carboxylic acids is 1. The highest BCUT2D eigenvalue weighted by Gasteiger charge is 2.17. The Labute approximate surface area is 122 Å². The summed E-state index contributed by atoms with van der Waals surface area (Å²) in [4.78, 5) is 11.3. The number of carbonyl (C=O) groups is 1. The van der Waals surface area contributed by atoms with Gasteiger partial charge in [-0.15, -0.1) is 0 Å². The van der Waals surface area contributed by atoms with E-state index in [9.17, 15) is 20.1 Å². The quantitative estimate of drug-likeness (QED) is 0.651. The summed E-state index contributed by atoms with van der Waals surface area (Å²) in [5.74, 6) is -0.595. The van der Waals surface area contributed by atoms with Crippen molar-refractivity contribution in [3.63, 3.8) is 0 Å². The molecular formula is C16H17NO4. The summed E-state index contributed by atoms with van der Waals surface area (Å²) in [6, 6.07) is 12.4. The average molecular weight is 287 g/mol. The molecule has 0 aromatic heterocycles. The number of hydrogen-bond acceptors (Lipinski definition) is 4. The lowest BCUT2D eigenvalue weighted by Crippen LogP contribution is -2.38. The summed E-state index contributed by atoms with van der Waals surface area (Å²) in [6.45, 7) is 0.398. The van der Waals surface area contributed by atoms with Crippen molar-refractivity contribution in [2.45, 2.75) is 19.0 Å². The number of carboxylic acid groups (broad SMARTS) is 1. The van der Waals surface area contributed by atoms with Crippen LogP contribution in [0.3, 0.4) is 0 Å². The molecule has 0 fully saturated rings. The highest BCUT2D eigenvalue weighted by molar-refractivity contribution is 5.73. The molecule has 0 spiro atoms. The fourth-order valence-corrected chi connectivity index (χ4v) is 1.97. The third-order valence-corrected chi connectivity index (χ3v) is 3.16. The van der Waals surface area contributed by atoms with Crippen molar-refractivity contribution in [2.24, 2.45) is 0 Å². The number of hydrogen-bond donors (Lipinski definition) is 4. The minimum atomic E-state index is -0.929. The maximum atomic E-state index is 11.3. The molecule has 0 aliphatic carbocycles. The van der Waals surface area contributed by atoms with Gasteiger partial charge in [-0.1, -0.05) is 24.3 Å². The van der Waals surface area contributed by atoms with E-state index in [1.807, 2.05) is 0 Å². The summed E-state index contributed by atoms with van der Waals surface area (Å²) < 4.78 is 0. The van der Waals surface area contributed by atoms with E-state index in [0.717, 1.165) is 11.1 Å². The van der Waals surface area contributed by atoms with Gasteiger partial charge < -0.3 is 20.6 Å². The van der Waals surface area contributed by atoms with Crippen molar-refractivity contribution < 1.29 is 20.1 Å². The molecule has 1 atom stereocenters. The standard InChI is InChI=1S/C16H17NO4/c18-13-5-1-11(2-6-13)9-15(16(20)21)17-10-12-3-7-14(19)8-4-12/h1-8,15,17-19H,9-10H2,(H,20,21)/t15-/m0/s1. The van der Waals surface area contributed by atoms with Crippen LogP contribution in [0.4, 0.5) is 0 Å². The largest absolute Gasteiger partial charge is 0.508 e. The molecule has 0 radical (unpaired) electrons. The van der Waals surface area contributed by atoms with Gasteiger partial charge in [-0.05, 0) is 41.8 Å². The Morgan fingerprint density at radius 3 is 1.86 bits per heavy atom. The molecule has 5 nitrogen and oxygen atoms in total. The molecule has 110 valence electrons. The van der Waals surface area contributed by atoms with Crippen LogP contribution >= 0.6 is 0 Å². The number of benzene rings is 2. The lowest BCUT2D eigenvalue weighted by atomic mass is 10.1. The van der Waals surface area contributed by atoms with Gasteiger partial charge in [0, 0.05) is 6.54 Å². The van der Waals surface area contributed by atoms with Gasteiger partial charge in [-0.2, -0.15) is 0 Å². The van der Waals surface area contributed by atoms with Crippen LogP contribution in [0.5, 0.6) is 11.5 Å². The first-order chi connectivity index (χ1) is 10.0. The predicted octanol–water partition coefficient (Wildman–Crippen LogP) is 1.88. The zero-order chi connectivity index (χ0) is 15.2.